The van der Waals surface area contributed by atoms with E-state index in [0.29, 0.717) is 18.6 Å². The van der Waals surface area contributed by atoms with E-state index in [-0.39, 0.29) is 23.9 Å². The lowest BCUT2D eigenvalue weighted by molar-refractivity contribution is -0.154. The average Bonchev–Trinajstić information content (AvgIpc) is 3.47. The Hall–Kier alpha value is -3.98. The third kappa shape index (κ3) is 6.57. The van der Waals surface area contributed by atoms with Crippen molar-refractivity contribution in [1.82, 2.24) is 4.98 Å². The second-order valence-corrected chi connectivity index (χ2v) is 8.58. The van der Waals surface area contributed by atoms with Crippen molar-refractivity contribution in [3.05, 3.63) is 78.2 Å². The standard InChI is InChI=1S/C23H20FN3O4.C4H8O/c24-18-12-16(31-17-8-11-26-20(25)13-17)6-7-19(18)27-21(28)23(9-10-23)22(29)30-14-15-4-2-1-3-5-15;1-2-4-5-3-1/h1-8,11-13H,9-10,14H2,(H2,25,26)(H,27,28);1-4H2. The Morgan fingerprint density at radius 3 is 2.36 bits per heavy atom. The molecule has 1 saturated heterocycles. The molecule has 1 amide bonds. The molecular formula is C27H28FN3O5. The highest BCUT2D eigenvalue weighted by molar-refractivity contribution is 6.11. The van der Waals surface area contributed by atoms with E-state index in [1.807, 2.05) is 30.3 Å². The van der Waals surface area contributed by atoms with Crippen molar-refractivity contribution in [3.63, 3.8) is 0 Å². The molecule has 0 spiro atoms. The van der Waals surface area contributed by atoms with Gasteiger partial charge in [0, 0.05) is 31.5 Å². The minimum absolute atomic E-state index is 0.0475. The molecule has 9 heteroatoms. The summed E-state index contributed by atoms with van der Waals surface area (Å²) >= 11 is 0. The van der Waals surface area contributed by atoms with Crippen LogP contribution in [0, 0.1) is 11.2 Å². The van der Waals surface area contributed by atoms with Gasteiger partial charge in [0.1, 0.15) is 35.2 Å². The van der Waals surface area contributed by atoms with Crippen molar-refractivity contribution < 1.29 is 28.2 Å². The van der Waals surface area contributed by atoms with Crippen LogP contribution in [0.3, 0.4) is 0 Å². The number of nitrogen functional groups attached to an aromatic ring is 1. The van der Waals surface area contributed by atoms with E-state index in [0.717, 1.165) is 24.8 Å². The lowest BCUT2D eigenvalue weighted by Crippen LogP contribution is -2.33. The van der Waals surface area contributed by atoms with Crippen LogP contribution in [-0.4, -0.2) is 30.1 Å². The molecule has 3 aromatic rings. The summed E-state index contributed by atoms with van der Waals surface area (Å²) in [5, 5.41) is 2.49. The molecule has 1 aromatic heterocycles. The molecule has 2 fully saturated rings. The first-order valence-corrected chi connectivity index (χ1v) is 11.8. The van der Waals surface area contributed by atoms with Crippen molar-refractivity contribution in [2.24, 2.45) is 5.41 Å². The van der Waals surface area contributed by atoms with E-state index in [4.69, 9.17) is 19.9 Å². The number of ether oxygens (including phenoxy) is 3. The molecule has 5 rings (SSSR count). The first-order chi connectivity index (χ1) is 17.5. The maximum Gasteiger partial charge on any atom is 0.321 e. The van der Waals surface area contributed by atoms with Gasteiger partial charge in [-0.1, -0.05) is 30.3 Å². The first-order valence-electron chi connectivity index (χ1n) is 11.8. The van der Waals surface area contributed by atoms with Gasteiger partial charge in [-0.3, -0.25) is 9.59 Å². The summed E-state index contributed by atoms with van der Waals surface area (Å²) in [7, 11) is 0. The number of nitrogens with zero attached hydrogens (tertiary/aromatic N) is 1. The highest BCUT2D eigenvalue weighted by atomic mass is 19.1. The third-order valence-corrected chi connectivity index (χ3v) is 5.79. The minimum atomic E-state index is -1.27. The van der Waals surface area contributed by atoms with Crippen LogP contribution in [0.4, 0.5) is 15.9 Å². The molecule has 1 aliphatic heterocycles. The molecule has 2 heterocycles. The number of hydrogen-bond donors (Lipinski definition) is 2. The molecule has 2 aromatic carbocycles. The minimum Gasteiger partial charge on any atom is -0.460 e. The van der Waals surface area contributed by atoms with Gasteiger partial charge in [0.05, 0.1) is 5.69 Å². The van der Waals surface area contributed by atoms with Gasteiger partial charge in [0.25, 0.3) is 0 Å². The van der Waals surface area contributed by atoms with Crippen molar-refractivity contribution in [2.75, 3.05) is 24.3 Å². The van der Waals surface area contributed by atoms with Crippen molar-refractivity contribution in [2.45, 2.75) is 32.3 Å². The summed E-state index contributed by atoms with van der Waals surface area (Å²) in [4.78, 5) is 29.0. The number of nitrogens with one attached hydrogen (secondary N) is 1. The third-order valence-electron chi connectivity index (χ3n) is 5.79. The van der Waals surface area contributed by atoms with E-state index < -0.39 is 23.1 Å². The van der Waals surface area contributed by atoms with Gasteiger partial charge in [-0.25, -0.2) is 9.37 Å². The maximum atomic E-state index is 14.5. The van der Waals surface area contributed by atoms with Crippen LogP contribution >= 0.6 is 0 Å². The fourth-order valence-corrected chi connectivity index (χ4v) is 3.55. The monoisotopic (exact) mass is 493 g/mol. The van der Waals surface area contributed by atoms with Gasteiger partial charge < -0.3 is 25.3 Å². The van der Waals surface area contributed by atoms with E-state index in [2.05, 4.69) is 10.3 Å². The van der Waals surface area contributed by atoms with Gasteiger partial charge in [-0.2, -0.15) is 0 Å². The Morgan fingerprint density at radius 2 is 1.75 bits per heavy atom. The molecule has 0 atom stereocenters. The zero-order valence-electron chi connectivity index (χ0n) is 19.7. The quantitative estimate of drug-likeness (QED) is 0.357. The van der Waals surface area contributed by atoms with Crippen LogP contribution in [0.5, 0.6) is 11.5 Å². The van der Waals surface area contributed by atoms with Crippen LogP contribution in [0.1, 0.15) is 31.2 Å². The van der Waals surface area contributed by atoms with Crippen LogP contribution < -0.4 is 15.8 Å². The fourth-order valence-electron chi connectivity index (χ4n) is 3.55. The van der Waals surface area contributed by atoms with Gasteiger partial charge in [0.2, 0.25) is 5.91 Å². The smallest absolute Gasteiger partial charge is 0.321 e. The Labute approximate surface area is 208 Å². The summed E-state index contributed by atoms with van der Waals surface area (Å²) in [6, 6.07) is 16.3. The summed E-state index contributed by atoms with van der Waals surface area (Å²) in [6.07, 6.45) is 4.75. The normalized spacial score (nSPS) is 15.2. The summed E-state index contributed by atoms with van der Waals surface area (Å²) in [6.45, 7) is 2.08. The molecule has 188 valence electrons. The number of amides is 1. The van der Waals surface area contributed by atoms with Crippen LogP contribution in [0.15, 0.2) is 66.9 Å². The Balaban J connectivity index is 0.000000543. The molecule has 1 saturated carbocycles. The topological polar surface area (TPSA) is 113 Å². The summed E-state index contributed by atoms with van der Waals surface area (Å²) in [5.41, 5.74) is 5.10. The zero-order valence-corrected chi connectivity index (χ0v) is 19.7. The zero-order chi connectivity index (χ0) is 25.4. The molecule has 36 heavy (non-hydrogen) atoms. The molecule has 2 aliphatic rings. The highest BCUT2D eigenvalue weighted by Crippen LogP contribution is 2.48. The maximum absolute atomic E-state index is 14.5. The van der Waals surface area contributed by atoms with E-state index >= 15 is 0 Å². The van der Waals surface area contributed by atoms with Crippen molar-refractivity contribution in [1.29, 1.82) is 0 Å². The highest BCUT2D eigenvalue weighted by Gasteiger charge is 2.58. The van der Waals surface area contributed by atoms with Gasteiger partial charge in [0.15, 0.2) is 0 Å². The van der Waals surface area contributed by atoms with E-state index in [9.17, 15) is 14.0 Å². The van der Waals surface area contributed by atoms with Crippen LogP contribution in [0.2, 0.25) is 0 Å². The summed E-state index contributed by atoms with van der Waals surface area (Å²) in [5.74, 6) is -0.979. The number of hydrogen-bond acceptors (Lipinski definition) is 7. The number of halogens is 1. The Morgan fingerprint density at radius 1 is 1.03 bits per heavy atom. The fraction of sp³-hybridized carbons (Fsp3) is 0.296. The molecule has 0 bridgehead atoms. The second kappa shape index (κ2) is 11.6. The van der Waals surface area contributed by atoms with Crippen LogP contribution in [0.25, 0.3) is 0 Å². The number of pyridine rings is 1. The Kier molecular flexibility index (Phi) is 8.12. The number of esters is 1. The predicted molar refractivity (Wildman–Crippen MR) is 132 cm³/mol. The Bertz CT molecular complexity index is 1190. The van der Waals surface area contributed by atoms with E-state index in [1.54, 1.807) is 6.07 Å². The lowest BCUT2D eigenvalue weighted by Gasteiger charge is -2.15. The molecule has 0 radical (unpaired) electrons. The number of benzene rings is 2. The number of anilines is 2. The van der Waals surface area contributed by atoms with Gasteiger partial charge in [-0.15, -0.1) is 0 Å². The van der Waals surface area contributed by atoms with Crippen molar-refractivity contribution >= 4 is 23.4 Å². The number of rotatable bonds is 7. The predicted octanol–water partition coefficient (Wildman–Crippen LogP) is 4.85. The number of carbonyl (C=O) groups excluding carboxylic acids is 2. The van der Waals surface area contributed by atoms with Gasteiger partial charge >= 0.3 is 5.97 Å². The molecule has 3 N–H and O–H groups in total. The first kappa shape index (κ1) is 25.1. The second-order valence-electron chi connectivity index (χ2n) is 8.58. The molecular weight excluding hydrogens is 465 g/mol. The number of carbonyl (C=O) groups is 2. The van der Waals surface area contributed by atoms with Crippen LogP contribution in [-0.2, 0) is 25.7 Å². The van der Waals surface area contributed by atoms with Crippen molar-refractivity contribution in [3.8, 4) is 11.5 Å². The molecule has 8 nitrogen and oxygen atoms in total. The average molecular weight is 494 g/mol. The number of aromatic nitrogens is 1. The van der Waals surface area contributed by atoms with Gasteiger partial charge in [-0.05, 0) is 49.4 Å². The summed E-state index contributed by atoms with van der Waals surface area (Å²) < 4.78 is 30.3. The lowest BCUT2D eigenvalue weighted by atomic mass is 10.1. The molecule has 0 unspecified atom stereocenters. The van der Waals surface area contributed by atoms with E-state index in [1.165, 1.54) is 37.2 Å². The number of nitrogens with two attached hydrogens (primary N) is 1. The largest absolute Gasteiger partial charge is 0.460 e. The SMILES string of the molecule is C1CCOC1.Nc1cc(Oc2ccc(NC(=O)C3(C(=O)OCc4ccccc4)CC3)c(F)c2)ccn1. The molecule has 1 aliphatic carbocycles.